The molecule has 1 saturated heterocycles. The number of nitrogens with zero attached hydrogens (tertiary/aromatic N) is 1. The number of nitrogens with two attached hydrogens (primary N) is 2. The number of amides is 1. The molecule has 1 aromatic heterocycles. The first-order chi connectivity index (χ1) is 13.4. The fourth-order valence-corrected chi connectivity index (χ4v) is 4.29. The third-order valence-electron chi connectivity index (χ3n) is 3.83. The van der Waals surface area contributed by atoms with Gasteiger partial charge in [0, 0.05) is 29.7 Å². The van der Waals surface area contributed by atoms with Gasteiger partial charge >= 0.3 is 12.1 Å². The van der Waals surface area contributed by atoms with Gasteiger partial charge in [0.1, 0.15) is 10.6 Å². The molecule has 1 aliphatic heterocycles. The fraction of sp³-hybridized carbons (Fsp3) is 0.333. The number of morpholine rings is 1. The fourth-order valence-electron chi connectivity index (χ4n) is 2.54. The first-order valence-corrected chi connectivity index (χ1v) is 9.38. The number of aromatic nitrogens is 1. The number of carboxylic acids is 1. The molecule has 0 saturated carbocycles. The second-order valence-electron chi connectivity index (χ2n) is 5.82. The summed E-state index contributed by atoms with van der Waals surface area (Å²) in [6, 6.07) is 4.76. The summed E-state index contributed by atoms with van der Waals surface area (Å²) in [5.74, 6) is -3.59. The predicted molar refractivity (Wildman–Crippen MR) is 94.5 cm³/mol. The number of hydrogen-bond acceptors (Lipinski definition) is 6. The van der Waals surface area contributed by atoms with E-state index in [0.29, 0.717) is 29.8 Å². The number of nitrogens with one attached hydrogen (secondary N) is 1. The van der Waals surface area contributed by atoms with Gasteiger partial charge < -0.3 is 26.3 Å². The molecule has 1 fully saturated rings. The lowest BCUT2D eigenvalue weighted by molar-refractivity contribution is -0.192. The third kappa shape index (κ3) is 4.96. The number of alkyl halides is 3. The van der Waals surface area contributed by atoms with E-state index in [2.05, 4.69) is 4.98 Å². The monoisotopic (exact) mass is 438 g/mol. The number of carbonyl (C=O) groups is 2. The Hall–Kier alpha value is -2.84. The zero-order chi connectivity index (χ0) is 22.0. The minimum absolute atomic E-state index is 0.121. The first-order valence-electron chi connectivity index (χ1n) is 7.94. The minimum atomic E-state index is -5.08. The molecular formula is C15H17F3N4O6S. The lowest BCUT2D eigenvalue weighted by atomic mass is 10.2. The van der Waals surface area contributed by atoms with E-state index < -0.39 is 28.1 Å². The van der Waals surface area contributed by atoms with Crippen LogP contribution in [0.3, 0.4) is 0 Å². The van der Waals surface area contributed by atoms with Crippen LogP contribution in [0.4, 0.5) is 18.9 Å². The Morgan fingerprint density at radius 3 is 2.24 bits per heavy atom. The average Bonchev–Trinajstić information content (AvgIpc) is 3.02. The molecule has 0 atom stereocenters. The highest BCUT2D eigenvalue weighted by Gasteiger charge is 2.38. The highest BCUT2D eigenvalue weighted by Crippen LogP contribution is 2.31. The van der Waals surface area contributed by atoms with Crippen LogP contribution < -0.4 is 11.5 Å². The first kappa shape index (κ1) is 22.4. The Balaban J connectivity index is 0.000000370. The van der Waals surface area contributed by atoms with Crippen LogP contribution in [-0.2, 0) is 19.6 Å². The second kappa shape index (κ2) is 8.26. The van der Waals surface area contributed by atoms with Gasteiger partial charge in [-0.05, 0) is 18.2 Å². The van der Waals surface area contributed by atoms with Crippen LogP contribution in [0.2, 0.25) is 0 Å². The number of carbonyl (C=O) groups excluding carboxylic acids is 1. The van der Waals surface area contributed by atoms with Crippen molar-refractivity contribution in [2.45, 2.75) is 11.1 Å². The Morgan fingerprint density at radius 2 is 1.76 bits per heavy atom. The Labute approximate surface area is 162 Å². The number of H-pyrrole nitrogens is 1. The molecule has 1 aromatic carbocycles. The maximum absolute atomic E-state index is 12.9. The van der Waals surface area contributed by atoms with Gasteiger partial charge in [0.05, 0.1) is 13.2 Å². The maximum Gasteiger partial charge on any atom is 0.490 e. The lowest BCUT2D eigenvalue weighted by Crippen LogP contribution is -2.41. The topological polar surface area (TPSA) is 169 Å². The molecule has 29 heavy (non-hydrogen) atoms. The van der Waals surface area contributed by atoms with E-state index in [9.17, 15) is 26.4 Å². The summed E-state index contributed by atoms with van der Waals surface area (Å²) in [4.78, 5) is 23.2. The van der Waals surface area contributed by atoms with Crippen LogP contribution in [0.25, 0.3) is 10.9 Å². The lowest BCUT2D eigenvalue weighted by Gasteiger charge is -2.26. The van der Waals surface area contributed by atoms with Crippen LogP contribution in [-0.4, -0.2) is 67.2 Å². The Kier molecular flexibility index (Phi) is 6.40. The number of sulfonamides is 1. The molecule has 10 nitrogen and oxygen atoms in total. The molecule has 6 N–H and O–H groups in total. The van der Waals surface area contributed by atoms with Crippen molar-refractivity contribution in [2.75, 3.05) is 32.0 Å². The normalized spacial score (nSPS) is 15.6. The van der Waals surface area contributed by atoms with Gasteiger partial charge in [-0.3, -0.25) is 4.79 Å². The standard InChI is InChI=1S/C13H16N4O4S.C2HF3O2/c14-8-1-2-10-9(7-8)12(11(16-10)13(15)18)22(19,20)17-3-5-21-6-4-17;3-2(4,5)1(6)7/h1-2,7,16H,3-6,14H2,(H2,15,18);(H,6,7). The summed E-state index contributed by atoms with van der Waals surface area (Å²) in [5, 5.41) is 7.49. The highest BCUT2D eigenvalue weighted by atomic mass is 32.2. The molecule has 14 heteroatoms. The van der Waals surface area contributed by atoms with Gasteiger partial charge in [-0.15, -0.1) is 0 Å². The molecule has 160 valence electrons. The summed E-state index contributed by atoms with van der Waals surface area (Å²) >= 11 is 0. The van der Waals surface area contributed by atoms with Gasteiger partial charge in [-0.2, -0.15) is 17.5 Å². The van der Waals surface area contributed by atoms with E-state index in [-0.39, 0.29) is 23.7 Å². The molecule has 0 radical (unpaired) electrons. The number of hydrogen-bond donors (Lipinski definition) is 4. The number of carboxylic acid groups (broad SMARTS) is 1. The zero-order valence-corrected chi connectivity index (χ0v) is 15.5. The molecule has 0 aliphatic carbocycles. The molecule has 2 heterocycles. The van der Waals surface area contributed by atoms with Crippen molar-refractivity contribution in [3.63, 3.8) is 0 Å². The number of halogens is 3. The van der Waals surface area contributed by atoms with Gasteiger partial charge in [0.2, 0.25) is 10.0 Å². The van der Waals surface area contributed by atoms with Crippen molar-refractivity contribution >= 4 is 38.5 Å². The van der Waals surface area contributed by atoms with Crippen molar-refractivity contribution < 1.29 is 41.0 Å². The molecule has 3 rings (SSSR count). The van der Waals surface area contributed by atoms with E-state index in [1.807, 2.05) is 0 Å². The molecule has 1 aliphatic rings. The molecule has 1 amide bonds. The Morgan fingerprint density at radius 1 is 1.21 bits per heavy atom. The van der Waals surface area contributed by atoms with Crippen molar-refractivity contribution in [3.8, 4) is 0 Å². The van der Waals surface area contributed by atoms with Crippen LogP contribution in [0.1, 0.15) is 10.5 Å². The summed E-state index contributed by atoms with van der Waals surface area (Å²) < 4.78 is 64.0. The zero-order valence-electron chi connectivity index (χ0n) is 14.7. The molecule has 2 aromatic rings. The van der Waals surface area contributed by atoms with Crippen LogP contribution >= 0.6 is 0 Å². The number of benzene rings is 1. The van der Waals surface area contributed by atoms with E-state index in [0.717, 1.165) is 0 Å². The molecule has 0 bridgehead atoms. The van der Waals surface area contributed by atoms with Gasteiger partial charge in [-0.25, -0.2) is 13.2 Å². The summed E-state index contributed by atoms with van der Waals surface area (Å²) in [6.07, 6.45) is -5.08. The maximum atomic E-state index is 12.9. The number of ether oxygens (including phenoxy) is 1. The van der Waals surface area contributed by atoms with Crippen LogP contribution in [0, 0.1) is 0 Å². The predicted octanol–water partition coefficient (Wildman–Crippen LogP) is 0.503. The van der Waals surface area contributed by atoms with Crippen molar-refractivity contribution in [1.82, 2.24) is 9.29 Å². The van der Waals surface area contributed by atoms with E-state index in [4.69, 9.17) is 26.1 Å². The highest BCUT2D eigenvalue weighted by molar-refractivity contribution is 7.89. The summed E-state index contributed by atoms with van der Waals surface area (Å²) in [7, 11) is -3.87. The second-order valence-corrected chi connectivity index (χ2v) is 7.69. The molecule has 0 spiro atoms. The SMILES string of the molecule is NC(=O)c1[nH]c2ccc(N)cc2c1S(=O)(=O)N1CCOCC1.O=C(O)C(F)(F)F. The van der Waals surface area contributed by atoms with Crippen molar-refractivity contribution in [2.24, 2.45) is 5.73 Å². The number of nitrogen functional groups attached to an aromatic ring is 1. The number of rotatable bonds is 3. The summed E-state index contributed by atoms with van der Waals surface area (Å²) in [5.41, 5.74) is 11.8. The van der Waals surface area contributed by atoms with Crippen molar-refractivity contribution in [1.29, 1.82) is 0 Å². The van der Waals surface area contributed by atoms with Gasteiger partial charge in [0.15, 0.2) is 0 Å². The van der Waals surface area contributed by atoms with Gasteiger partial charge in [-0.1, -0.05) is 0 Å². The quantitative estimate of drug-likeness (QED) is 0.506. The minimum Gasteiger partial charge on any atom is -0.475 e. The average molecular weight is 438 g/mol. The largest absolute Gasteiger partial charge is 0.490 e. The van der Waals surface area contributed by atoms with E-state index in [1.54, 1.807) is 12.1 Å². The van der Waals surface area contributed by atoms with Gasteiger partial charge in [0.25, 0.3) is 5.91 Å². The van der Waals surface area contributed by atoms with Crippen LogP contribution in [0.15, 0.2) is 23.1 Å². The van der Waals surface area contributed by atoms with Crippen LogP contribution in [0.5, 0.6) is 0 Å². The van der Waals surface area contributed by atoms with E-state index >= 15 is 0 Å². The molecule has 0 unspecified atom stereocenters. The third-order valence-corrected chi connectivity index (χ3v) is 5.82. The molecular weight excluding hydrogens is 421 g/mol. The Bertz CT molecular complexity index is 1030. The van der Waals surface area contributed by atoms with E-state index in [1.165, 1.54) is 10.4 Å². The number of anilines is 1. The number of primary amides is 1. The summed E-state index contributed by atoms with van der Waals surface area (Å²) in [6.45, 7) is 1.09. The number of fused-ring (bicyclic) bond motifs is 1. The number of aliphatic carboxylic acids is 1. The smallest absolute Gasteiger partial charge is 0.475 e. The number of aromatic amines is 1. The van der Waals surface area contributed by atoms with Crippen molar-refractivity contribution in [3.05, 3.63) is 23.9 Å².